The van der Waals surface area contributed by atoms with Crippen LogP contribution in [-0.2, 0) is 14.3 Å². The van der Waals surface area contributed by atoms with Gasteiger partial charge in [-0.2, -0.15) is 0 Å². The average molecular weight is 231 g/mol. The highest BCUT2D eigenvalue weighted by molar-refractivity contribution is 5.85. The maximum atomic E-state index is 11.5. The van der Waals surface area contributed by atoms with Crippen LogP contribution < -0.4 is 11.1 Å². The van der Waals surface area contributed by atoms with E-state index in [-0.39, 0.29) is 25.0 Å². The fraction of sp³-hybridized carbons (Fsp3) is 0.800. The molecule has 0 spiro atoms. The molecule has 0 fully saturated rings. The van der Waals surface area contributed by atoms with Gasteiger partial charge < -0.3 is 20.7 Å². The molecule has 0 saturated carbocycles. The van der Waals surface area contributed by atoms with E-state index in [9.17, 15) is 9.59 Å². The molecule has 0 aliphatic rings. The topological polar surface area (TPSA) is 84.7 Å². The molecule has 0 aliphatic carbocycles. The Morgan fingerprint density at radius 3 is 2.44 bits per heavy atom. The zero-order valence-electron chi connectivity index (χ0n) is 9.99. The molecule has 0 aromatic rings. The number of nitrogens with zero attached hydrogens (tertiary/aromatic N) is 1. The van der Waals surface area contributed by atoms with Crippen molar-refractivity contribution in [2.75, 3.05) is 39.4 Å². The van der Waals surface area contributed by atoms with Gasteiger partial charge in [0.05, 0.1) is 13.2 Å². The molecule has 0 aromatic carbocycles. The van der Waals surface area contributed by atoms with Crippen molar-refractivity contribution >= 4 is 11.8 Å². The highest BCUT2D eigenvalue weighted by Gasteiger charge is 2.10. The first kappa shape index (κ1) is 14.9. The number of likely N-dealkylation sites (N-methyl/N-ethyl adjacent to an activating group) is 1. The Labute approximate surface area is 96.1 Å². The highest BCUT2D eigenvalue weighted by atomic mass is 16.5. The molecule has 0 bridgehead atoms. The monoisotopic (exact) mass is 231 g/mol. The van der Waals surface area contributed by atoms with E-state index < -0.39 is 0 Å². The second-order valence-electron chi connectivity index (χ2n) is 3.18. The summed E-state index contributed by atoms with van der Waals surface area (Å²) in [5, 5.41) is 2.49. The molecule has 0 heterocycles. The molecule has 6 heteroatoms. The molecule has 0 atom stereocenters. The number of hydrogen-bond acceptors (Lipinski definition) is 4. The van der Waals surface area contributed by atoms with Crippen molar-refractivity contribution in [1.29, 1.82) is 0 Å². The maximum absolute atomic E-state index is 11.5. The fourth-order valence-corrected chi connectivity index (χ4v) is 1.16. The molecule has 2 amide bonds. The first-order chi connectivity index (χ1) is 7.65. The van der Waals surface area contributed by atoms with Gasteiger partial charge in [-0.15, -0.1) is 0 Å². The van der Waals surface area contributed by atoms with Crippen LogP contribution in [0.4, 0.5) is 0 Å². The van der Waals surface area contributed by atoms with E-state index in [1.165, 1.54) is 0 Å². The second kappa shape index (κ2) is 9.11. The first-order valence-corrected chi connectivity index (χ1v) is 5.47. The minimum atomic E-state index is -0.297. The van der Waals surface area contributed by atoms with Crippen molar-refractivity contribution in [2.45, 2.75) is 13.8 Å². The summed E-state index contributed by atoms with van der Waals surface area (Å²) in [4.78, 5) is 24.3. The lowest BCUT2D eigenvalue weighted by Crippen LogP contribution is -2.41. The number of carbonyl (C=O) groups excluding carboxylic acids is 2. The zero-order valence-corrected chi connectivity index (χ0v) is 9.99. The Balaban J connectivity index is 3.70. The summed E-state index contributed by atoms with van der Waals surface area (Å²) in [6, 6.07) is 0. The van der Waals surface area contributed by atoms with Crippen LogP contribution in [0.2, 0.25) is 0 Å². The van der Waals surface area contributed by atoms with Crippen LogP contribution in [0.5, 0.6) is 0 Å². The molecule has 94 valence electrons. The van der Waals surface area contributed by atoms with Gasteiger partial charge in [0.1, 0.15) is 6.61 Å². The Morgan fingerprint density at radius 1 is 1.31 bits per heavy atom. The quantitative estimate of drug-likeness (QED) is 0.522. The summed E-state index contributed by atoms with van der Waals surface area (Å²) >= 11 is 0. The van der Waals surface area contributed by atoms with E-state index >= 15 is 0 Å². The SMILES string of the molecule is CCN(CC)C(=O)CNC(=O)COCCN. The summed E-state index contributed by atoms with van der Waals surface area (Å²) < 4.78 is 4.93. The largest absolute Gasteiger partial charge is 0.370 e. The zero-order chi connectivity index (χ0) is 12.4. The van der Waals surface area contributed by atoms with Gasteiger partial charge in [0, 0.05) is 19.6 Å². The number of rotatable bonds is 8. The summed E-state index contributed by atoms with van der Waals surface area (Å²) in [6.07, 6.45) is 0. The Kier molecular flexibility index (Phi) is 8.46. The molecule has 0 aromatic heterocycles. The molecule has 0 unspecified atom stereocenters. The minimum absolute atomic E-state index is 0.0203. The first-order valence-electron chi connectivity index (χ1n) is 5.47. The summed E-state index contributed by atoms with van der Waals surface area (Å²) in [5.41, 5.74) is 5.20. The van der Waals surface area contributed by atoms with Crippen molar-refractivity contribution < 1.29 is 14.3 Å². The van der Waals surface area contributed by atoms with Crippen molar-refractivity contribution in [3.05, 3.63) is 0 Å². The predicted octanol–water partition coefficient (Wildman–Crippen LogP) is -1.05. The van der Waals surface area contributed by atoms with Crippen LogP contribution in [0.3, 0.4) is 0 Å². The van der Waals surface area contributed by atoms with E-state index in [0.717, 1.165) is 0 Å². The van der Waals surface area contributed by atoms with Crippen molar-refractivity contribution in [3.8, 4) is 0 Å². The van der Waals surface area contributed by atoms with Gasteiger partial charge in [-0.1, -0.05) is 0 Å². The van der Waals surface area contributed by atoms with Gasteiger partial charge in [-0.25, -0.2) is 0 Å². The van der Waals surface area contributed by atoms with Gasteiger partial charge in [-0.05, 0) is 13.8 Å². The lowest BCUT2D eigenvalue weighted by atomic mass is 10.4. The average Bonchev–Trinajstić information content (AvgIpc) is 2.28. The molecular formula is C10H21N3O3. The van der Waals surface area contributed by atoms with Crippen LogP contribution >= 0.6 is 0 Å². The van der Waals surface area contributed by atoms with Gasteiger partial charge in [0.2, 0.25) is 11.8 Å². The van der Waals surface area contributed by atoms with Crippen molar-refractivity contribution in [1.82, 2.24) is 10.2 Å². The van der Waals surface area contributed by atoms with E-state index in [1.54, 1.807) is 4.90 Å². The van der Waals surface area contributed by atoms with Crippen LogP contribution in [-0.4, -0.2) is 56.1 Å². The fourth-order valence-electron chi connectivity index (χ4n) is 1.16. The number of carbonyl (C=O) groups is 2. The Morgan fingerprint density at radius 2 is 1.94 bits per heavy atom. The summed E-state index contributed by atoms with van der Waals surface area (Å²) in [6.45, 7) is 5.78. The molecule has 3 N–H and O–H groups in total. The number of nitrogens with two attached hydrogens (primary N) is 1. The van der Waals surface area contributed by atoms with Crippen LogP contribution in [0, 0.1) is 0 Å². The Bertz CT molecular complexity index is 217. The van der Waals surface area contributed by atoms with E-state index in [4.69, 9.17) is 10.5 Å². The molecule has 0 aliphatic heterocycles. The molecular weight excluding hydrogens is 210 g/mol. The van der Waals surface area contributed by atoms with Gasteiger partial charge in [0.25, 0.3) is 0 Å². The maximum Gasteiger partial charge on any atom is 0.246 e. The standard InChI is InChI=1S/C10H21N3O3/c1-3-13(4-2)10(15)7-12-9(14)8-16-6-5-11/h3-8,11H2,1-2H3,(H,12,14). The molecule has 0 rings (SSSR count). The number of amides is 2. The Hall–Kier alpha value is -1.14. The summed E-state index contributed by atoms with van der Waals surface area (Å²) in [7, 11) is 0. The molecule has 6 nitrogen and oxygen atoms in total. The lowest BCUT2D eigenvalue weighted by Gasteiger charge is -2.18. The third-order valence-electron chi connectivity index (χ3n) is 2.05. The highest BCUT2D eigenvalue weighted by Crippen LogP contribution is 1.87. The van der Waals surface area contributed by atoms with Crippen molar-refractivity contribution in [2.24, 2.45) is 5.73 Å². The molecule has 16 heavy (non-hydrogen) atoms. The second-order valence-corrected chi connectivity index (χ2v) is 3.18. The molecule has 0 radical (unpaired) electrons. The lowest BCUT2D eigenvalue weighted by molar-refractivity contribution is -0.133. The molecule has 0 saturated heterocycles. The van der Waals surface area contributed by atoms with E-state index in [1.807, 2.05) is 13.8 Å². The minimum Gasteiger partial charge on any atom is -0.370 e. The van der Waals surface area contributed by atoms with E-state index in [0.29, 0.717) is 26.2 Å². The third kappa shape index (κ3) is 6.36. The normalized spacial score (nSPS) is 9.94. The predicted molar refractivity (Wildman–Crippen MR) is 60.8 cm³/mol. The van der Waals surface area contributed by atoms with Crippen LogP contribution in [0.1, 0.15) is 13.8 Å². The van der Waals surface area contributed by atoms with E-state index in [2.05, 4.69) is 5.32 Å². The van der Waals surface area contributed by atoms with Gasteiger partial charge in [-0.3, -0.25) is 9.59 Å². The number of hydrogen-bond donors (Lipinski definition) is 2. The smallest absolute Gasteiger partial charge is 0.246 e. The number of ether oxygens (including phenoxy) is 1. The van der Waals surface area contributed by atoms with Crippen molar-refractivity contribution in [3.63, 3.8) is 0 Å². The number of nitrogens with one attached hydrogen (secondary N) is 1. The summed E-state index contributed by atoms with van der Waals surface area (Å²) in [5.74, 6) is -0.383. The van der Waals surface area contributed by atoms with Crippen LogP contribution in [0.15, 0.2) is 0 Å². The van der Waals surface area contributed by atoms with Gasteiger partial charge >= 0.3 is 0 Å². The van der Waals surface area contributed by atoms with Gasteiger partial charge in [0.15, 0.2) is 0 Å². The third-order valence-corrected chi connectivity index (χ3v) is 2.05. The van der Waals surface area contributed by atoms with Crippen LogP contribution in [0.25, 0.3) is 0 Å².